The number of para-hydroxylation sites is 1. The van der Waals surface area contributed by atoms with E-state index in [9.17, 15) is 9.59 Å². The van der Waals surface area contributed by atoms with Crippen molar-refractivity contribution in [2.45, 2.75) is 12.8 Å². The molecule has 24 heavy (non-hydrogen) atoms. The van der Waals surface area contributed by atoms with Crippen LogP contribution in [0.15, 0.2) is 54.6 Å². The largest absolute Gasteiger partial charge is 0.355 e. The predicted molar refractivity (Wildman–Crippen MR) is 95.1 cm³/mol. The van der Waals surface area contributed by atoms with Gasteiger partial charge in [-0.3, -0.25) is 9.59 Å². The Morgan fingerprint density at radius 2 is 1.83 bits per heavy atom. The number of nitrogens with zero attached hydrogens (tertiary/aromatic N) is 1. The molecule has 1 saturated heterocycles. The first kappa shape index (κ1) is 16.5. The summed E-state index contributed by atoms with van der Waals surface area (Å²) < 4.78 is 0. The van der Waals surface area contributed by atoms with E-state index in [2.05, 4.69) is 5.32 Å². The molecule has 1 fully saturated rings. The van der Waals surface area contributed by atoms with Gasteiger partial charge in [-0.25, -0.2) is 0 Å². The summed E-state index contributed by atoms with van der Waals surface area (Å²) in [5.74, 6) is -1.01. The molecule has 1 heterocycles. The van der Waals surface area contributed by atoms with Crippen LogP contribution in [0.3, 0.4) is 0 Å². The van der Waals surface area contributed by atoms with Gasteiger partial charge in [-0.05, 0) is 30.5 Å². The average molecular weight is 343 g/mol. The number of anilines is 1. The molecule has 124 valence electrons. The van der Waals surface area contributed by atoms with Crippen LogP contribution in [0.2, 0.25) is 5.02 Å². The first-order valence-electron chi connectivity index (χ1n) is 8.04. The van der Waals surface area contributed by atoms with Gasteiger partial charge in [-0.1, -0.05) is 54.1 Å². The number of rotatable bonds is 5. The molecule has 1 unspecified atom stereocenters. The van der Waals surface area contributed by atoms with E-state index in [1.165, 1.54) is 0 Å². The molecule has 2 aromatic rings. The van der Waals surface area contributed by atoms with Crippen molar-refractivity contribution < 1.29 is 9.59 Å². The highest BCUT2D eigenvalue weighted by atomic mass is 35.5. The number of carbonyl (C=O) groups excluding carboxylic acids is 2. The van der Waals surface area contributed by atoms with Crippen molar-refractivity contribution in [3.63, 3.8) is 0 Å². The Hall–Kier alpha value is -2.33. The van der Waals surface area contributed by atoms with Crippen molar-refractivity contribution in [3.05, 3.63) is 65.2 Å². The number of benzene rings is 2. The van der Waals surface area contributed by atoms with Crippen molar-refractivity contribution in [2.24, 2.45) is 5.92 Å². The predicted octanol–water partition coefficient (Wildman–Crippen LogP) is 3.05. The highest BCUT2D eigenvalue weighted by Gasteiger charge is 2.37. The Morgan fingerprint density at radius 1 is 1.12 bits per heavy atom. The molecule has 2 aromatic carbocycles. The van der Waals surface area contributed by atoms with Crippen molar-refractivity contribution >= 4 is 29.1 Å². The number of hydrogen-bond donors (Lipinski definition) is 1. The van der Waals surface area contributed by atoms with Crippen LogP contribution in [-0.4, -0.2) is 24.9 Å². The summed E-state index contributed by atoms with van der Waals surface area (Å²) >= 11 is 6.15. The van der Waals surface area contributed by atoms with E-state index in [0.29, 0.717) is 30.2 Å². The lowest BCUT2D eigenvalue weighted by molar-refractivity contribution is -0.132. The molecule has 0 bridgehead atoms. The third-order valence-electron chi connectivity index (χ3n) is 4.22. The number of nitrogens with one attached hydrogen (secondary N) is 1. The van der Waals surface area contributed by atoms with E-state index in [0.717, 1.165) is 12.0 Å². The highest BCUT2D eigenvalue weighted by molar-refractivity contribution is 6.34. The Labute approximate surface area is 146 Å². The van der Waals surface area contributed by atoms with Crippen molar-refractivity contribution in [1.82, 2.24) is 5.32 Å². The second-order valence-electron chi connectivity index (χ2n) is 5.81. The molecule has 0 radical (unpaired) electrons. The van der Waals surface area contributed by atoms with Crippen LogP contribution in [0.1, 0.15) is 12.0 Å². The minimum atomic E-state index is -0.628. The molecule has 0 aromatic heterocycles. The lowest BCUT2D eigenvalue weighted by Crippen LogP contribution is -2.37. The van der Waals surface area contributed by atoms with Crippen LogP contribution < -0.4 is 10.2 Å². The quantitative estimate of drug-likeness (QED) is 0.849. The summed E-state index contributed by atoms with van der Waals surface area (Å²) in [6, 6.07) is 17.1. The smallest absolute Gasteiger partial charge is 0.239 e. The maximum absolute atomic E-state index is 12.5. The van der Waals surface area contributed by atoms with Crippen LogP contribution in [0, 0.1) is 5.92 Å². The summed E-state index contributed by atoms with van der Waals surface area (Å²) in [4.78, 5) is 26.5. The monoisotopic (exact) mass is 342 g/mol. The number of amides is 2. The van der Waals surface area contributed by atoms with Crippen LogP contribution in [0.25, 0.3) is 0 Å². The van der Waals surface area contributed by atoms with E-state index in [1.807, 2.05) is 42.5 Å². The van der Waals surface area contributed by atoms with Crippen LogP contribution in [-0.2, 0) is 16.0 Å². The summed E-state index contributed by atoms with van der Waals surface area (Å²) in [6.07, 6.45) is 1.27. The standard InChI is InChI=1S/C19H19ClN2O2/c20-16-8-4-5-9-17(16)22-13-11-15(19(22)24)18(23)21-12-10-14-6-2-1-3-7-14/h1-9,15H,10-13H2,(H,21,23). The van der Waals surface area contributed by atoms with Crippen LogP contribution in [0.4, 0.5) is 5.69 Å². The van der Waals surface area contributed by atoms with Crippen molar-refractivity contribution in [1.29, 1.82) is 0 Å². The van der Waals surface area contributed by atoms with Gasteiger partial charge in [0.2, 0.25) is 11.8 Å². The summed E-state index contributed by atoms with van der Waals surface area (Å²) in [5.41, 5.74) is 1.83. The Kier molecular flexibility index (Phi) is 5.16. The normalized spacial score (nSPS) is 17.1. The van der Waals surface area contributed by atoms with Gasteiger partial charge in [0.15, 0.2) is 0 Å². The Bertz CT molecular complexity index is 733. The molecule has 5 heteroatoms. The fourth-order valence-corrected chi connectivity index (χ4v) is 3.17. The minimum absolute atomic E-state index is 0.180. The van der Waals surface area contributed by atoms with E-state index >= 15 is 0 Å². The molecule has 1 atom stereocenters. The number of hydrogen-bond acceptors (Lipinski definition) is 2. The molecule has 1 N–H and O–H groups in total. The van der Waals surface area contributed by atoms with Gasteiger partial charge in [0, 0.05) is 13.1 Å². The van der Waals surface area contributed by atoms with E-state index < -0.39 is 5.92 Å². The minimum Gasteiger partial charge on any atom is -0.355 e. The third kappa shape index (κ3) is 3.60. The SMILES string of the molecule is O=C(NCCc1ccccc1)C1CCN(c2ccccc2Cl)C1=O. The number of halogens is 1. The Balaban J connectivity index is 1.57. The Morgan fingerprint density at radius 3 is 2.58 bits per heavy atom. The lowest BCUT2D eigenvalue weighted by Gasteiger charge is -2.18. The number of carbonyl (C=O) groups is 2. The van der Waals surface area contributed by atoms with Crippen molar-refractivity contribution in [2.75, 3.05) is 18.0 Å². The van der Waals surface area contributed by atoms with Crippen LogP contribution >= 0.6 is 11.6 Å². The van der Waals surface area contributed by atoms with Gasteiger partial charge in [0.1, 0.15) is 5.92 Å². The molecular weight excluding hydrogens is 324 g/mol. The first-order chi connectivity index (χ1) is 11.7. The molecule has 0 aliphatic carbocycles. The van der Waals surface area contributed by atoms with Gasteiger partial charge in [-0.15, -0.1) is 0 Å². The molecule has 2 amide bonds. The molecule has 1 aliphatic rings. The van der Waals surface area contributed by atoms with Crippen molar-refractivity contribution in [3.8, 4) is 0 Å². The fraction of sp³-hybridized carbons (Fsp3) is 0.263. The topological polar surface area (TPSA) is 49.4 Å². The lowest BCUT2D eigenvalue weighted by atomic mass is 10.1. The fourth-order valence-electron chi connectivity index (χ4n) is 2.93. The maximum Gasteiger partial charge on any atom is 0.239 e. The van der Waals surface area contributed by atoms with E-state index in [-0.39, 0.29) is 11.8 Å². The van der Waals surface area contributed by atoms with E-state index in [4.69, 9.17) is 11.6 Å². The van der Waals surface area contributed by atoms with E-state index in [1.54, 1.807) is 17.0 Å². The van der Waals surface area contributed by atoms with Gasteiger partial charge in [0.25, 0.3) is 0 Å². The maximum atomic E-state index is 12.5. The van der Waals surface area contributed by atoms with Gasteiger partial charge in [0.05, 0.1) is 10.7 Å². The molecule has 3 rings (SSSR count). The molecular formula is C19H19ClN2O2. The summed E-state index contributed by atoms with van der Waals surface area (Å²) in [6.45, 7) is 1.04. The summed E-state index contributed by atoms with van der Waals surface area (Å²) in [7, 11) is 0. The van der Waals surface area contributed by atoms with Gasteiger partial charge in [-0.2, -0.15) is 0 Å². The van der Waals surface area contributed by atoms with Gasteiger partial charge >= 0.3 is 0 Å². The molecule has 1 aliphatic heterocycles. The zero-order valence-corrected chi connectivity index (χ0v) is 14.0. The first-order valence-corrected chi connectivity index (χ1v) is 8.42. The zero-order chi connectivity index (χ0) is 16.9. The molecule has 0 spiro atoms. The highest BCUT2D eigenvalue weighted by Crippen LogP contribution is 2.31. The average Bonchev–Trinajstić information content (AvgIpc) is 2.98. The summed E-state index contributed by atoms with van der Waals surface area (Å²) in [5, 5.41) is 3.39. The molecule has 0 saturated carbocycles. The third-order valence-corrected chi connectivity index (χ3v) is 4.54. The van der Waals surface area contributed by atoms with Crippen LogP contribution in [0.5, 0.6) is 0 Å². The second kappa shape index (κ2) is 7.49. The van der Waals surface area contributed by atoms with Gasteiger partial charge < -0.3 is 10.2 Å². The zero-order valence-electron chi connectivity index (χ0n) is 13.2. The second-order valence-corrected chi connectivity index (χ2v) is 6.22. The molecule has 4 nitrogen and oxygen atoms in total.